The van der Waals surface area contributed by atoms with Gasteiger partial charge in [-0.3, -0.25) is 9.36 Å². The van der Waals surface area contributed by atoms with Gasteiger partial charge < -0.3 is 14.2 Å². The summed E-state index contributed by atoms with van der Waals surface area (Å²) in [4.78, 5) is 32.3. The van der Waals surface area contributed by atoms with Crippen LogP contribution in [0.4, 0.5) is 0 Å². The minimum atomic E-state index is -0.646. The van der Waals surface area contributed by atoms with Gasteiger partial charge in [-0.25, -0.2) is 9.79 Å². The minimum absolute atomic E-state index is 0.229. The molecule has 0 saturated carbocycles. The Morgan fingerprint density at radius 3 is 2.43 bits per heavy atom. The van der Waals surface area contributed by atoms with Crippen LogP contribution >= 0.6 is 11.3 Å². The van der Waals surface area contributed by atoms with E-state index in [4.69, 9.17) is 14.2 Å². The molecule has 0 aliphatic carbocycles. The van der Waals surface area contributed by atoms with E-state index in [2.05, 4.69) is 24.0 Å². The molecule has 0 spiro atoms. The number of ether oxygens (including phenoxy) is 3. The van der Waals surface area contributed by atoms with E-state index in [9.17, 15) is 9.59 Å². The van der Waals surface area contributed by atoms with Crippen LogP contribution in [0.2, 0.25) is 0 Å². The summed E-state index contributed by atoms with van der Waals surface area (Å²) in [5.41, 5.74) is 4.53. The molecule has 2 heterocycles. The molecule has 42 heavy (non-hydrogen) atoms. The van der Waals surface area contributed by atoms with E-state index in [1.807, 2.05) is 73.7 Å². The Morgan fingerprint density at radius 2 is 1.74 bits per heavy atom. The number of hydrogen-bond donors (Lipinski definition) is 0. The molecule has 1 atom stereocenters. The van der Waals surface area contributed by atoms with Gasteiger partial charge in [-0.05, 0) is 69.5 Å². The van der Waals surface area contributed by atoms with Crippen LogP contribution in [-0.4, -0.2) is 23.2 Å². The number of allylic oxidation sites excluding steroid dienone is 1. The first-order chi connectivity index (χ1) is 20.2. The average Bonchev–Trinajstić information content (AvgIpc) is 3.26. The monoisotopic (exact) mass is 582 g/mol. The van der Waals surface area contributed by atoms with Crippen LogP contribution in [0.3, 0.4) is 0 Å². The van der Waals surface area contributed by atoms with Gasteiger partial charge in [-0.15, -0.1) is 0 Å². The first-order valence-electron chi connectivity index (χ1n) is 14.0. The number of aromatic nitrogens is 1. The maximum Gasteiger partial charge on any atom is 0.338 e. The largest absolute Gasteiger partial charge is 0.490 e. The van der Waals surface area contributed by atoms with Gasteiger partial charge in [-0.1, -0.05) is 77.6 Å². The van der Waals surface area contributed by atoms with E-state index in [0.717, 1.165) is 16.7 Å². The lowest BCUT2D eigenvalue weighted by molar-refractivity contribution is -0.143. The van der Waals surface area contributed by atoms with E-state index >= 15 is 0 Å². The van der Waals surface area contributed by atoms with E-state index in [1.54, 1.807) is 25.3 Å². The number of thiazole rings is 1. The summed E-state index contributed by atoms with van der Waals surface area (Å²) in [7, 11) is 0. The maximum atomic E-state index is 13.9. The van der Waals surface area contributed by atoms with Gasteiger partial charge in [-0.2, -0.15) is 0 Å². The molecule has 1 aliphatic heterocycles. The summed E-state index contributed by atoms with van der Waals surface area (Å²) >= 11 is 1.29. The highest BCUT2D eigenvalue weighted by atomic mass is 32.1. The molecule has 8 heteroatoms. The highest BCUT2D eigenvalue weighted by molar-refractivity contribution is 7.07. The second kappa shape index (κ2) is 12.6. The highest BCUT2D eigenvalue weighted by Crippen LogP contribution is 2.32. The van der Waals surface area contributed by atoms with Gasteiger partial charge in [0.15, 0.2) is 16.3 Å². The normalized spacial score (nSPS) is 14.9. The number of benzene rings is 3. The first kappa shape index (κ1) is 29.1. The molecule has 1 aromatic heterocycles. The van der Waals surface area contributed by atoms with Crippen molar-refractivity contribution < 1.29 is 19.0 Å². The molecule has 216 valence electrons. The van der Waals surface area contributed by atoms with Crippen LogP contribution in [0.15, 0.2) is 93.9 Å². The van der Waals surface area contributed by atoms with Gasteiger partial charge in [0.2, 0.25) is 0 Å². The lowest BCUT2D eigenvalue weighted by Gasteiger charge is -2.25. The Kier molecular flexibility index (Phi) is 8.73. The van der Waals surface area contributed by atoms with Crippen LogP contribution in [0.25, 0.3) is 6.08 Å². The van der Waals surface area contributed by atoms with Gasteiger partial charge in [0, 0.05) is 0 Å². The topological polar surface area (TPSA) is 79.1 Å². The molecule has 0 fully saturated rings. The predicted octanol–water partition coefficient (Wildman–Crippen LogP) is 5.47. The smallest absolute Gasteiger partial charge is 0.338 e. The van der Waals surface area contributed by atoms with Crippen molar-refractivity contribution in [2.45, 2.75) is 53.4 Å². The lowest BCUT2D eigenvalue weighted by Crippen LogP contribution is -2.40. The van der Waals surface area contributed by atoms with Crippen LogP contribution in [-0.2, 0) is 16.1 Å². The quantitative estimate of drug-likeness (QED) is 0.245. The first-order valence-corrected chi connectivity index (χ1v) is 14.8. The van der Waals surface area contributed by atoms with E-state index < -0.39 is 12.0 Å². The van der Waals surface area contributed by atoms with Crippen LogP contribution in [0.1, 0.15) is 56.0 Å². The highest BCUT2D eigenvalue weighted by Gasteiger charge is 2.33. The molecule has 7 nitrogen and oxygen atoms in total. The van der Waals surface area contributed by atoms with Crippen molar-refractivity contribution in [2.24, 2.45) is 4.99 Å². The Balaban J connectivity index is 1.54. The molecule has 0 N–H and O–H groups in total. The molecule has 4 aromatic rings. The van der Waals surface area contributed by atoms with E-state index in [-0.39, 0.29) is 11.7 Å². The number of fused-ring (bicyclic) bond motifs is 1. The SMILES string of the molecule is CCOc1cc(C=c2sc3n(c2=O)C(c2ccccc2)C(C(=O)OC(C)C)=C(C)N=3)ccc1OCc1ccc(C)cc1. The third-order valence-electron chi connectivity index (χ3n) is 6.78. The van der Waals surface area contributed by atoms with Crippen molar-refractivity contribution in [2.75, 3.05) is 6.61 Å². The van der Waals surface area contributed by atoms with Crippen LogP contribution in [0, 0.1) is 6.92 Å². The second-order valence-electron chi connectivity index (χ2n) is 10.4. The van der Waals surface area contributed by atoms with Gasteiger partial charge in [0.1, 0.15) is 6.61 Å². The molecule has 5 rings (SSSR count). The fourth-order valence-corrected chi connectivity index (χ4v) is 5.86. The van der Waals surface area contributed by atoms with E-state index in [0.29, 0.717) is 45.3 Å². The van der Waals surface area contributed by atoms with Crippen molar-refractivity contribution in [1.29, 1.82) is 0 Å². The van der Waals surface area contributed by atoms with Crippen molar-refractivity contribution >= 4 is 23.4 Å². The maximum absolute atomic E-state index is 13.9. The molecule has 0 bridgehead atoms. The standard InChI is InChI=1S/C34H34N2O5S/c1-6-39-28-18-25(16-17-27(28)40-20-24-14-12-22(4)13-15-24)19-29-32(37)36-31(26-10-8-7-9-11-26)30(33(38)41-21(2)3)23(5)35-34(36)42-29/h7-19,21,31H,6,20H2,1-5H3. The third kappa shape index (κ3) is 6.24. The Bertz CT molecular complexity index is 1800. The van der Waals surface area contributed by atoms with Gasteiger partial charge in [0.05, 0.1) is 34.6 Å². The van der Waals surface area contributed by atoms with Gasteiger partial charge >= 0.3 is 5.97 Å². The Hall–Kier alpha value is -4.43. The van der Waals surface area contributed by atoms with Crippen molar-refractivity contribution in [3.05, 3.63) is 126 Å². The molecule has 1 unspecified atom stereocenters. The zero-order chi connectivity index (χ0) is 29.8. The molecular weight excluding hydrogens is 548 g/mol. The zero-order valence-corrected chi connectivity index (χ0v) is 25.2. The molecule has 3 aromatic carbocycles. The molecule has 0 saturated heterocycles. The number of rotatable bonds is 9. The van der Waals surface area contributed by atoms with Crippen molar-refractivity contribution in [3.63, 3.8) is 0 Å². The average molecular weight is 583 g/mol. The summed E-state index contributed by atoms with van der Waals surface area (Å²) in [6.07, 6.45) is 1.52. The second-order valence-corrected chi connectivity index (χ2v) is 11.4. The Labute approximate surface area is 249 Å². The summed E-state index contributed by atoms with van der Waals surface area (Å²) in [5.74, 6) is 0.754. The molecule has 1 aliphatic rings. The van der Waals surface area contributed by atoms with Gasteiger partial charge in [0.25, 0.3) is 5.56 Å². The van der Waals surface area contributed by atoms with E-state index in [1.165, 1.54) is 16.9 Å². The summed E-state index contributed by atoms with van der Waals surface area (Å²) in [5, 5.41) is 0. The fourth-order valence-electron chi connectivity index (χ4n) is 4.81. The van der Waals surface area contributed by atoms with Crippen molar-refractivity contribution in [1.82, 2.24) is 4.57 Å². The van der Waals surface area contributed by atoms with Crippen LogP contribution < -0.4 is 24.4 Å². The fraction of sp³-hybridized carbons (Fsp3) is 0.265. The molecule has 0 radical (unpaired) electrons. The number of hydrogen-bond acceptors (Lipinski definition) is 7. The summed E-state index contributed by atoms with van der Waals surface area (Å²) in [6.45, 7) is 10.2. The summed E-state index contributed by atoms with van der Waals surface area (Å²) < 4.78 is 19.6. The number of nitrogens with zero attached hydrogens (tertiary/aromatic N) is 2. The summed E-state index contributed by atoms with van der Waals surface area (Å²) in [6, 6.07) is 22.7. The third-order valence-corrected chi connectivity index (χ3v) is 7.76. The predicted molar refractivity (Wildman–Crippen MR) is 165 cm³/mol. The number of aryl methyl sites for hydroxylation is 1. The minimum Gasteiger partial charge on any atom is -0.490 e. The Morgan fingerprint density at radius 1 is 1.00 bits per heavy atom. The number of carbonyl (C=O) groups is 1. The molecular formula is C34H34N2O5S. The van der Waals surface area contributed by atoms with Crippen molar-refractivity contribution in [3.8, 4) is 11.5 Å². The lowest BCUT2D eigenvalue weighted by atomic mass is 9.96. The number of carbonyl (C=O) groups excluding carboxylic acids is 1. The van der Waals surface area contributed by atoms with Crippen LogP contribution in [0.5, 0.6) is 11.5 Å². The molecule has 0 amide bonds. The zero-order valence-electron chi connectivity index (χ0n) is 24.4. The number of esters is 1.